The highest BCUT2D eigenvalue weighted by Gasteiger charge is 2.48. The second-order valence-electron chi connectivity index (χ2n) is 10.6. The Hall–Kier alpha value is -3.45. The maximum Gasteiger partial charge on any atom is 0.275 e. The van der Waals surface area contributed by atoms with Crippen molar-refractivity contribution in [3.05, 3.63) is 53.2 Å². The Kier molecular flexibility index (Phi) is 8.03. The zero-order valence-corrected chi connectivity index (χ0v) is 23.1. The van der Waals surface area contributed by atoms with Crippen molar-refractivity contribution in [3.8, 4) is 11.9 Å². The molecule has 0 radical (unpaired) electrons. The zero-order chi connectivity index (χ0) is 28.5. The number of methoxy groups -OCH3 is 1. The molecular formula is C29H35F3N6O. The minimum Gasteiger partial charge on any atom is -0.481 e. The second kappa shape index (κ2) is 11.0. The molecule has 1 N–H and O–H groups in total. The van der Waals surface area contributed by atoms with Crippen LogP contribution in [0.4, 0.5) is 19.0 Å². The van der Waals surface area contributed by atoms with Crippen LogP contribution in [-0.2, 0) is 5.41 Å². The minimum absolute atomic E-state index is 0.0388. The van der Waals surface area contributed by atoms with E-state index in [4.69, 9.17) is 4.74 Å². The number of aromatic nitrogens is 3. The van der Waals surface area contributed by atoms with Crippen LogP contribution in [0.3, 0.4) is 0 Å². The van der Waals surface area contributed by atoms with Crippen LogP contribution >= 0.6 is 0 Å². The number of aryl methyl sites for hydroxylation is 1. The van der Waals surface area contributed by atoms with Gasteiger partial charge >= 0.3 is 0 Å². The lowest BCUT2D eigenvalue weighted by Gasteiger charge is -2.35. The number of nitriles is 1. The van der Waals surface area contributed by atoms with Gasteiger partial charge in [-0.15, -0.1) is 0 Å². The third-order valence-electron chi connectivity index (χ3n) is 7.87. The number of fused-ring (bicyclic) bond motifs is 1. The zero-order valence-electron chi connectivity index (χ0n) is 23.1. The van der Waals surface area contributed by atoms with Crippen molar-refractivity contribution in [2.75, 3.05) is 32.6 Å². The summed E-state index contributed by atoms with van der Waals surface area (Å²) in [6, 6.07) is 3.39. The maximum absolute atomic E-state index is 15.8. The third-order valence-corrected chi connectivity index (χ3v) is 7.87. The number of ether oxygens (including phenoxy) is 1. The number of rotatable bonds is 9. The van der Waals surface area contributed by atoms with E-state index in [1.54, 1.807) is 19.9 Å². The molecule has 2 fully saturated rings. The molecule has 7 nitrogen and oxygen atoms in total. The second-order valence-corrected chi connectivity index (χ2v) is 10.6. The maximum atomic E-state index is 15.8. The number of pyridine rings is 1. The molecule has 1 aliphatic carbocycles. The first-order chi connectivity index (χ1) is 18.5. The number of hydrogen-bond donors (Lipinski definition) is 1. The van der Waals surface area contributed by atoms with E-state index in [1.165, 1.54) is 26.2 Å². The SMILES string of the molecule is C=C/C=C(\C(F)=C(/C)C(F)(F)C1CCN(C)CC1)[C@@H](C)Nc1nc(C)nc2nc(OC)c(C3(C#N)CC3)cc12. The highest BCUT2D eigenvalue weighted by molar-refractivity contribution is 5.88. The molecule has 1 aliphatic heterocycles. The number of nitrogens with zero attached hydrogens (tertiary/aromatic N) is 5. The van der Waals surface area contributed by atoms with Crippen molar-refractivity contribution in [2.24, 2.45) is 5.92 Å². The Morgan fingerprint density at radius 2 is 1.97 bits per heavy atom. The Morgan fingerprint density at radius 1 is 1.31 bits per heavy atom. The van der Waals surface area contributed by atoms with Gasteiger partial charge in [-0.25, -0.2) is 23.1 Å². The summed E-state index contributed by atoms with van der Waals surface area (Å²) in [6.07, 6.45) is 4.76. The Labute approximate surface area is 227 Å². The van der Waals surface area contributed by atoms with Crippen molar-refractivity contribution in [2.45, 2.75) is 63.8 Å². The van der Waals surface area contributed by atoms with Crippen LogP contribution in [0, 0.1) is 24.2 Å². The van der Waals surface area contributed by atoms with Gasteiger partial charge in [-0.05, 0) is 72.7 Å². The highest BCUT2D eigenvalue weighted by Crippen LogP contribution is 2.51. The molecule has 10 heteroatoms. The summed E-state index contributed by atoms with van der Waals surface area (Å²) in [5.74, 6) is -4.07. The van der Waals surface area contributed by atoms with Crippen LogP contribution in [0.1, 0.15) is 50.9 Å². The van der Waals surface area contributed by atoms with E-state index < -0.39 is 34.7 Å². The fraction of sp³-hybridized carbons (Fsp3) is 0.517. The van der Waals surface area contributed by atoms with E-state index >= 15 is 13.2 Å². The average molecular weight is 541 g/mol. The summed E-state index contributed by atoms with van der Waals surface area (Å²) < 4.78 is 52.2. The van der Waals surface area contributed by atoms with E-state index in [9.17, 15) is 5.26 Å². The predicted octanol–water partition coefficient (Wildman–Crippen LogP) is 6.03. The van der Waals surface area contributed by atoms with Gasteiger partial charge in [0, 0.05) is 22.6 Å². The fourth-order valence-corrected chi connectivity index (χ4v) is 5.18. The van der Waals surface area contributed by atoms with Crippen molar-refractivity contribution in [1.82, 2.24) is 19.9 Å². The lowest BCUT2D eigenvalue weighted by Crippen LogP contribution is -2.40. The number of halogens is 3. The first-order valence-electron chi connectivity index (χ1n) is 13.1. The summed E-state index contributed by atoms with van der Waals surface area (Å²) in [5.41, 5.74) is -0.232. The number of piperidine rings is 1. The molecule has 0 amide bonds. The van der Waals surface area contributed by atoms with Gasteiger partial charge in [-0.1, -0.05) is 18.7 Å². The molecule has 0 bridgehead atoms. The predicted molar refractivity (Wildman–Crippen MR) is 145 cm³/mol. The summed E-state index contributed by atoms with van der Waals surface area (Å²) in [4.78, 5) is 15.5. The quantitative estimate of drug-likeness (QED) is 0.389. The van der Waals surface area contributed by atoms with Crippen LogP contribution in [0.15, 0.2) is 41.8 Å². The van der Waals surface area contributed by atoms with Crippen molar-refractivity contribution in [1.29, 1.82) is 5.26 Å². The monoisotopic (exact) mass is 540 g/mol. The van der Waals surface area contributed by atoms with E-state index in [0.29, 0.717) is 72.9 Å². The first kappa shape index (κ1) is 28.6. The molecule has 1 saturated heterocycles. The van der Waals surface area contributed by atoms with Gasteiger partial charge in [-0.3, -0.25) is 0 Å². The molecule has 0 unspecified atom stereocenters. The van der Waals surface area contributed by atoms with Gasteiger partial charge < -0.3 is 15.0 Å². The Bertz CT molecular complexity index is 1370. The molecule has 208 valence electrons. The molecule has 2 aromatic rings. The molecule has 0 aromatic carbocycles. The molecule has 2 aliphatic rings. The topological polar surface area (TPSA) is 87.0 Å². The number of alkyl halides is 2. The average Bonchev–Trinajstić information content (AvgIpc) is 3.71. The molecule has 1 atom stereocenters. The van der Waals surface area contributed by atoms with E-state index in [-0.39, 0.29) is 5.57 Å². The fourth-order valence-electron chi connectivity index (χ4n) is 5.18. The van der Waals surface area contributed by atoms with Crippen LogP contribution in [0.2, 0.25) is 0 Å². The summed E-state index contributed by atoms with van der Waals surface area (Å²) in [6.45, 7) is 9.31. The number of nitrogens with one attached hydrogen (secondary N) is 1. The van der Waals surface area contributed by atoms with Crippen molar-refractivity contribution < 1.29 is 17.9 Å². The Balaban J connectivity index is 1.71. The number of hydrogen-bond acceptors (Lipinski definition) is 7. The van der Waals surface area contributed by atoms with E-state index in [2.05, 4.69) is 32.9 Å². The largest absolute Gasteiger partial charge is 0.481 e. The molecule has 3 heterocycles. The number of anilines is 1. The standard InChI is InChI=1S/C29H35F3N6O/c1-7-8-21(24(30)17(2)29(31,32)20-9-13-38(5)14-10-20)18(3)34-25-22-15-23(28(16-33)11-12-28)27(39-6)37-26(22)36-19(4)35-25/h7-8,15,18,20H,1,9-14H2,2-6H3,(H,34,35,36,37)/b21-8-,24-17-/t18-/m1/s1. The first-order valence-corrected chi connectivity index (χ1v) is 13.1. The molecule has 0 spiro atoms. The van der Waals surface area contributed by atoms with Gasteiger partial charge in [0.25, 0.3) is 5.92 Å². The molecular weight excluding hydrogens is 505 g/mol. The van der Waals surface area contributed by atoms with Crippen LogP contribution < -0.4 is 10.1 Å². The van der Waals surface area contributed by atoms with Gasteiger partial charge in [0.1, 0.15) is 17.5 Å². The van der Waals surface area contributed by atoms with Crippen molar-refractivity contribution in [3.63, 3.8) is 0 Å². The summed E-state index contributed by atoms with van der Waals surface area (Å²) >= 11 is 0. The number of likely N-dealkylation sites (tertiary alicyclic amines) is 1. The smallest absolute Gasteiger partial charge is 0.275 e. The van der Waals surface area contributed by atoms with Crippen molar-refractivity contribution >= 4 is 16.9 Å². The molecule has 39 heavy (non-hydrogen) atoms. The van der Waals surface area contributed by atoms with Crippen LogP contribution in [-0.4, -0.2) is 59.1 Å². The van der Waals surface area contributed by atoms with Gasteiger partial charge in [0.2, 0.25) is 5.88 Å². The molecule has 4 rings (SSSR count). The number of allylic oxidation sites excluding steroid dienone is 3. The normalized spacial score (nSPS) is 19.7. The van der Waals surface area contributed by atoms with Crippen LogP contribution in [0.25, 0.3) is 11.0 Å². The Morgan fingerprint density at radius 3 is 2.54 bits per heavy atom. The summed E-state index contributed by atoms with van der Waals surface area (Å²) in [7, 11) is 3.39. The van der Waals surface area contributed by atoms with E-state index in [1.807, 2.05) is 11.9 Å². The molecule has 2 aromatic heterocycles. The highest BCUT2D eigenvalue weighted by atomic mass is 19.3. The molecule has 1 saturated carbocycles. The lowest BCUT2D eigenvalue weighted by atomic mass is 9.85. The van der Waals surface area contributed by atoms with E-state index in [0.717, 1.165) is 0 Å². The van der Waals surface area contributed by atoms with Crippen LogP contribution in [0.5, 0.6) is 5.88 Å². The summed E-state index contributed by atoms with van der Waals surface area (Å²) in [5, 5.41) is 13.5. The third kappa shape index (κ3) is 5.50. The van der Waals surface area contributed by atoms with Gasteiger partial charge in [0.15, 0.2) is 5.65 Å². The van der Waals surface area contributed by atoms with Gasteiger partial charge in [0.05, 0.1) is 30.0 Å². The van der Waals surface area contributed by atoms with Gasteiger partial charge in [-0.2, -0.15) is 10.2 Å². The lowest BCUT2D eigenvalue weighted by molar-refractivity contribution is -0.0451. The minimum atomic E-state index is -3.28.